The van der Waals surface area contributed by atoms with E-state index in [1.807, 2.05) is 54.8 Å². The summed E-state index contributed by atoms with van der Waals surface area (Å²) >= 11 is 1.61. The van der Waals surface area contributed by atoms with Crippen LogP contribution in [0.1, 0.15) is 5.56 Å². The standard InChI is InChI=1S/C19H19N3O3S/c1-14-4-6-15(7-5-14)25-13-18(23)20-10-11-24-19-9-8-16(21-22-19)17-3-2-12-26-17/h2-9,12H,10-11,13H2,1H3,(H,20,23). The van der Waals surface area contributed by atoms with Crippen molar-refractivity contribution < 1.29 is 14.3 Å². The Bertz CT molecular complexity index is 818. The minimum absolute atomic E-state index is 0.0294. The van der Waals surface area contributed by atoms with Crippen LogP contribution in [0.15, 0.2) is 53.9 Å². The Morgan fingerprint density at radius 3 is 2.62 bits per heavy atom. The molecule has 2 heterocycles. The minimum Gasteiger partial charge on any atom is -0.484 e. The fourth-order valence-corrected chi connectivity index (χ4v) is 2.82. The van der Waals surface area contributed by atoms with Crippen LogP contribution in [0, 0.1) is 6.92 Å². The van der Waals surface area contributed by atoms with E-state index in [2.05, 4.69) is 15.5 Å². The summed E-state index contributed by atoms with van der Waals surface area (Å²) in [5.74, 6) is 0.895. The first-order valence-corrected chi connectivity index (χ1v) is 9.05. The number of benzene rings is 1. The van der Waals surface area contributed by atoms with Gasteiger partial charge in [0.15, 0.2) is 6.61 Å². The zero-order chi connectivity index (χ0) is 18.2. The van der Waals surface area contributed by atoms with Crippen molar-refractivity contribution in [2.75, 3.05) is 19.8 Å². The van der Waals surface area contributed by atoms with Crippen LogP contribution >= 0.6 is 11.3 Å². The predicted octanol–water partition coefficient (Wildman–Crippen LogP) is 3.09. The second-order valence-corrected chi connectivity index (χ2v) is 6.48. The molecule has 0 bridgehead atoms. The quantitative estimate of drug-likeness (QED) is 0.618. The maximum absolute atomic E-state index is 11.8. The van der Waals surface area contributed by atoms with E-state index in [9.17, 15) is 4.79 Å². The van der Waals surface area contributed by atoms with Gasteiger partial charge in [0.1, 0.15) is 18.1 Å². The highest BCUT2D eigenvalue weighted by Gasteiger charge is 2.04. The molecule has 6 nitrogen and oxygen atoms in total. The molecule has 1 amide bonds. The van der Waals surface area contributed by atoms with Crippen LogP contribution in [0.3, 0.4) is 0 Å². The molecule has 1 aromatic carbocycles. The number of amides is 1. The molecule has 2 aromatic heterocycles. The molecule has 0 radical (unpaired) electrons. The van der Waals surface area contributed by atoms with Crippen molar-refractivity contribution in [3.63, 3.8) is 0 Å². The summed E-state index contributed by atoms with van der Waals surface area (Å²) in [6, 6.07) is 15.1. The van der Waals surface area contributed by atoms with Crippen LogP contribution in [-0.4, -0.2) is 35.9 Å². The summed E-state index contributed by atoms with van der Waals surface area (Å²) in [7, 11) is 0. The molecular weight excluding hydrogens is 350 g/mol. The molecule has 0 aliphatic rings. The second-order valence-electron chi connectivity index (χ2n) is 5.53. The van der Waals surface area contributed by atoms with Crippen molar-refractivity contribution in [1.82, 2.24) is 15.5 Å². The molecule has 0 spiro atoms. The van der Waals surface area contributed by atoms with Gasteiger partial charge in [-0.25, -0.2) is 0 Å². The van der Waals surface area contributed by atoms with Gasteiger partial charge in [-0.2, -0.15) is 0 Å². The number of hydrogen-bond donors (Lipinski definition) is 1. The third-order valence-electron chi connectivity index (χ3n) is 3.48. The average Bonchev–Trinajstić information content (AvgIpc) is 3.20. The van der Waals surface area contributed by atoms with Gasteiger partial charge in [0, 0.05) is 6.07 Å². The number of nitrogens with zero attached hydrogens (tertiary/aromatic N) is 2. The summed E-state index contributed by atoms with van der Waals surface area (Å²) < 4.78 is 10.9. The van der Waals surface area contributed by atoms with E-state index < -0.39 is 0 Å². The first-order chi connectivity index (χ1) is 12.7. The van der Waals surface area contributed by atoms with E-state index in [-0.39, 0.29) is 12.5 Å². The Morgan fingerprint density at radius 1 is 1.08 bits per heavy atom. The lowest BCUT2D eigenvalue weighted by Crippen LogP contribution is -2.32. The summed E-state index contributed by atoms with van der Waals surface area (Å²) in [5.41, 5.74) is 1.96. The average molecular weight is 369 g/mol. The third-order valence-corrected chi connectivity index (χ3v) is 4.37. The van der Waals surface area contributed by atoms with Gasteiger partial charge >= 0.3 is 0 Å². The number of ether oxygens (including phenoxy) is 2. The van der Waals surface area contributed by atoms with Crippen LogP contribution < -0.4 is 14.8 Å². The molecule has 0 aliphatic carbocycles. The maximum Gasteiger partial charge on any atom is 0.258 e. The van der Waals surface area contributed by atoms with E-state index >= 15 is 0 Å². The highest BCUT2D eigenvalue weighted by Crippen LogP contribution is 2.22. The normalized spacial score (nSPS) is 10.3. The molecule has 3 rings (SSSR count). The summed E-state index contributed by atoms with van der Waals surface area (Å²) in [6.45, 7) is 2.64. The highest BCUT2D eigenvalue weighted by molar-refractivity contribution is 7.13. The SMILES string of the molecule is Cc1ccc(OCC(=O)NCCOc2ccc(-c3cccs3)nn2)cc1. The van der Waals surface area contributed by atoms with E-state index in [1.54, 1.807) is 17.4 Å². The summed E-state index contributed by atoms with van der Waals surface area (Å²) in [5, 5.41) is 12.9. The van der Waals surface area contributed by atoms with Gasteiger partial charge < -0.3 is 14.8 Å². The zero-order valence-corrected chi connectivity index (χ0v) is 15.2. The Morgan fingerprint density at radius 2 is 1.92 bits per heavy atom. The van der Waals surface area contributed by atoms with Crippen molar-refractivity contribution in [2.45, 2.75) is 6.92 Å². The molecule has 3 aromatic rings. The van der Waals surface area contributed by atoms with E-state index in [0.717, 1.165) is 16.1 Å². The van der Waals surface area contributed by atoms with Crippen molar-refractivity contribution in [3.05, 3.63) is 59.5 Å². The first-order valence-electron chi connectivity index (χ1n) is 8.17. The summed E-state index contributed by atoms with van der Waals surface area (Å²) in [4.78, 5) is 12.8. The fourth-order valence-electron chi connectivity index (χ4n) is 2.13. The molecular formula is C19H19N3O3S. The second kappa shape index (κ2) is 8.96. The number of thiophene rings is 1. The van der Waals surface area contributed by atoms with Gasteiger partial charge in [-0.05, 0) is 36.6 Å². The van der Waals surface area contributed by atoms with Crippen molar-refractivity contribution in [1.29, 1.82) is 0 Å². The molecule has 1 N–H and O–H groups in total. The minimum atomic E-state index is -0.201. The monoisotopic (exact) mass is 369 g/mol. The first kappa shape index (κ1) is 17.9. The van der Waals surface area contributed by atoms with Crippen molar-refractivity contribution in [2.24, 2.45) is 0 Å². The molecule has 0 saturated carbocycles. The molecule has 0 atom stereocenters. The largest absolute Gasteiger partial charge is 0.484 e. The van der Waals surface area contributed by atoms with Gasteiger partial charge in [0.05, 0.1) is 11.4 Å². The van der Waals surface area contributed by atoms with E-state index in [0.29, 0.717) is 24.8 Å². The number of aromatic nitrogens is 2. The Kier molecular flexibility index (Phi) is 6.16. The molecule has 0 saturated heterocycles. The Balaban J connectivity index is 1.34. The van der Waals surface area contributed by atoms with Crippen LogP contribution in [0.2, 0.25) is 0 Å². The number of carbonyl (C=O) groups excluding carboxylic acids is 1. The number of carbonyl (C=O) groups is 1. The molecule has 134 valence electrons. The van der Waals surface area contributed by atoms with E-state index in [4.69, 9.17) is 9.47 Å². The van der Waals surface area contributed by atoms with Crippen LogP contribution in [0.4, 0.5) is 0 Å². The smallest absolute Gasteiger partial charge is 0.258 e. The summed E-state index contributed by atoms with van der Waals surface area (Å²) in [6.07, 6.45) is 0. The number of aryl methyl sites for hydroxylation is 1. The van der Waals surface area contributed by atoms with Crippen LogP contribution in [0.5, 0.6) is 11.6 Å². The topological polar surface area (TPSA) is 73.3 Å². The zero-order valence-electron chi connectivity index (χ0n) is 14.3. The van der Waals surface area contributed by atoms with Crippen LogP contribution in [-0.2, 0) is 4.79 Å². The molecule has 0 fully saturated rings. The number of rotatable bonds is 8. The lowest BCUT2D eigenvalue weighted by atomic mass is 10.2. The Hall–Kier alpha value is -2.93. The maximum atomic E-state index is 11.8. The number of nitrogens with one attached hydrogen (secondary N) is 1. The van der Waals surface area contributed by atoms with Crippen molar-refractivity contribution >= 4 is 17.2 Å². The molecule has 0 unspecified atom stereocenters. The Labute approximate surface area is 155 Å². The van der Waals surface area contributed by atoms with E-state index in [1.165, 1.54) is 0 Å². The van der Waals surface area contributed by atoms with Gasteiger partial charge in [0.2, 0.25) is 5.88 Å². The fraction of sp³-hybridized carbons (Fsp3) is 0.211. The lowest BCUT2D eigenvalue weighted by Gasteiger charge is -2.08. The van der Waals surface area contributed by atoms with Gasteiger partial charge in [-0.3, -0.25) is 4.79 Å². The van der Waals surface area contributed by atoms with Crippen molar-refractivity contribution in [3.8, 4) is 22.2 Å². The third kappa shape index (κ3) is 5.29. The molecule has 7 heteroatoms. The highest BCUT2D eigenvalue weighted by atomic mass is 32.1. The molecule has 26 heavy (non-hydrogen) atoms. The molecule has 0 aliphatic heterocycles. The van der Waals surface area contributed by atoms with Gasteiger partial charge in [-0.1, -0.05) is 23.8 Å². The van der Waals surface area contributed by atoms with Gasteiger partial charge in [-0.15, -0.1) is 21.5 Å². The predicted molar refractivity (Wildman–Crippen MR) is 101 cm³/mol. The number of hydrogen-bond acceptors (Lipinski definition) is 6. The van der Waals surface area contributed by atoms with Gasteiger partial charge in [0.25, 0.3) is 5.91 Å². The van der Waals surface area contributed by atoms with Crippen LogP contribution in [0.25, 0.3) is 10.6 Å². The lowest BCUT2D eigenvalue weighted by molar-refractivity contribution is -0.123.